The van der Waals surface area contributed by atoms with Gasteiger partial charge in [0.25, 0.3) is 0 Å². The molecule has 34 heavy (non-hydrogen) atoms. The molecule has 2 heterocycles. The van der Waals surface area contributed by atoms with Crippen LogP contribution in [0.25, 0.3) is 0 Å². The van der Waals surface area contributed by atoms with Crippen molar-refractivity contribution in [2.45, 2.75) is 62.5 Å². The lowest BCUT2D eigenvalue weighted by Crippen LogP contribution is -2.52. The Hall–Kier alpha value is -2.56. The van der Waals surface area contributed by atoms with E-state index in [4.69, 9.17) is 14.2 Å². The summed E-state index contributed by atoms with van der Waals surface area (Å²) in [5.41, 5.74) is 1.77. The molecule has 4 rings (SSSR count). The van der Waals surface area contributed by atoms with E-state index >= 15 is 0 Å². The molecule has 0 N–H and O–H groups in total. The number of sulfonamides is 1. The largest absolute Gasteiger partial charge is 0.624 e. The van der Waals surface area contributed by atoms with Crippen molar-refractivity contribution in [3.63, 3.8) is 0 Å². The standard InChI is InChI=1S/C25H30N2O6S/c1-5-15-27(34(29,30)20-13-11-18(2)12-14-20)22-21(31-24-23(22)32-25(3,4)33-24)17-26(28)16-19-9-7-6-8-10-19/h5-14,17,21-24H,1,15-16H2,2-4H3/b26-17-/t21-,22-,23-,24-/m1/s1. The molecule has 0 unspecified atom stereocenters. The van der Waals surface area contributed by atoms with Crippen LogP contribution in [0.2, 0.25) is 0 Å². The first-order valence-electron chi connectivity index (χ1n) is 11.1. The van der Waals surface area contributed by atoms with Gasteiger partial charge in [0.2, 0.25) is 10.0 Å². The van der Waals surface area contributed by atoms with Gasteiger partial charge in [0.05, 0.1) is 10.9 Å². The number of aryl methyl sites for hydroxylation is 1. The smallest absolute Gasteiger partial charge is 0.243 e. The molecule has 0 aromatic heterocycles. The van der Waals surface area contributed by atoms with Gasteiger partial charge >= 0.3 is 0 Å². The van der Waals surface area contributed by atoms with Gasteiger partial charge in [-0.1, -0.05) is 54.1 Å². The Morgan fingerprint density at radius 1 is 1.12 bits per heavy atom. The van der Waals surface area contributed by atoms with Gasteiger partial charge in [-0.15, -0.1) is 6.58 Å². The van der Waals surface area contributed by atoms with E-state index in [1.54, 1.807) is 38.1 Å². The molecule has 2 aromatic carbocycles. The van der Waals surface area contributed by atoms with Gasteiger partial charge in [0, 0.05) is 12.1 Å². The summed E-state index contributed by atoms with van der Waals surface area (Å²) in [7, 11) is -3.96. The summed E-state index contributed by atoms with van der Waals surface area (Å²) < 4.78 is 47.4. The SMILES string of the molecule is C=CCN([C@H]1[C@H]2OC(C)(C)O[C@H]2O[C@@H]1/C=[N+](\[O-])Cc1ccccc1)S(=O)(=O)c1ccc(C)cc1. The van der Waals surface area contributed by atoms with Crippen molar-refractivity contribution in [1.82, 2.24) is 4.31 Å². The zero-order valence-electron chi connectivity index (χ0n) is 19.5. The Labute approximate surface area is 200 Å². The van der Waals surface area contributed by atoms with Crippen LogP contribution in [0.1, 0.15) is 25.0 Å². The second-order valence-corrected chi connectivity index (χ2v) is 10.8. The number of hydrogen-bond donors (Lipinski definition) is 0. The maximum atomic E-state index is 13.7. The van der Waals surface area contributed by atoms with Crippen molar-refractivity contribution >= 4 is 16.2 Å². The number of benzene rings is 2. The van der Waals surface area contributed by atoms with Gasteiger partial charge in [-0.2, -0.15) is 4.31 Å². The summed E-state index contributed by atoms with van der Waals surface area (Å²) in [5, 5.41) is 12.8. The van der Waals surface area contributed by atoms with Crippen molar-refractivity contribution in [3.05, 3.63) is 83.6 Å². The lowest BCUT2D eigenvalue weighted by atomic mass is 10.1. The molecule has 9 heteroatoms. The maximum absolute atomic E-state index is 13.7. The van der Waals surface area contributed by atoms with Crippen molar-refractivity contribution < 1.29 is 27.4 Å². The van der Waals surface area contributed by atoms with Crippen LogP contribution in [0.4, 0.5) is 0 Å². The van der Waals surface area contributed by atoms with Crippen LogP contribution in [-0.2, 0) is 30.8 Å². The molecule has 0 spiro atoms. The molecule has 0 saturated carbocycles. The molecule has 2 saturated heterocycles. The van der Waals surface area contributed by atoms with E-state index in [9.17, 15) is 13.6 Å². The average Bonchev–Trinajstić information content (AvgIpc) is 3.23. The first-order chi connectivity index (χ1) is 16.1. The molecule has 0 radical (unpaired) electrons. The van der Waals surface area contributed by atoms with E-state index in [-0.39, 0.29) is 18.0 Å². The minimum absolute atomic E-state index is 0.0130. The van der Waals surface area contributed by atoms with Gasteiger partial charge in [0.15, 0.2) is 30.9 Å². The van der Waals surface area contributed by atoms with Gasteiger partial charge < -0.3 is 19.4 Å². The molecule has 0 bridgehead atoms. The molecular formula is C25H30N2O6S. The van der Waals surface area contributed by atoms with Gasteiger partial charge in [-0.3, -0.25) is 0 Å². The topological polar surface area (TPSA) is 91.1 Å². The average molecular weight is 487 g/mol. The lowest BCUT2D eigenvalue weighted by molar-refractivity contribution is -0.473. The van der Waals surface area contributed by atoms with Crippen molar-refractivity contribution in [2.24, 2.45) is 0 Å². The second-order valence-electron chi connectivity index (χ2n) is 8.95. The highest BCUT2D eigenvalue weighted by molar-refractivity contribution is 7.89. The highest BCUT2D eigenvalue weighted by Crippen LogP contribution is 2.40. The molecule has 182 valence electrons. The third-order valence-corrected chi connectivity index (χ3v) is 7.69. The van der Waals surface area contributed by atoms with Gasteiger partial charge in [0.1, 0.15) is 6.10 Å². The van der Waals surface area contributed by atoms with Gasteiger partial charge in [-0.25, -0.2) is 13.2 Å². The molecule has 0 aliphatic carbocycles. The minimum Gasteiger partial charge on any atom is -0.624 e. The number of fused-ring (bicyclic) bond motifs is 1. The molecule has 0 amide bonds. The molecule has 2 aromatic rings. The van der Waals surface area contributed by atoms with Gasteiger partial charge in [-0.05, 0) is 32.9 Å². The second kappa shape index (κ2) is 9.59. The van der Waals surface area contributed by atoms with Crippen molar-refractivity contribution in [2.75, 3.05) is 6.54 Å². The summed E-state index contributed by atoms with van der Waals surface area (Å²) >= 11 is 0. The number of rotatable bonds is 8. The summed E-state index contributed by atoms with van der Waals surface area (Å²) in [6, 6.07) is 15.1. The van der Waals surface area contributed by atoms with Crippen LogP contribution in [0.5, 0.6) is 0 Å². The normalized spacial score (nSPS) is 26.5. The highest BCUT2D eigenvalue weighted by Gasteiger charge is 2.59. The van der Waals surface area contributed by atoms with E-state index in [1.165, 1.54) is 16.6 Å². The van der Waals surface area contributed by atoms with Crippen LogP contribution in [0.3, 0.4) is 0 Å². The quantitative estimate of drug-likeness (QED) is 0.187. The predicted molar refractivity (Wildman–Crippen MR) is 128 cm³/mol. The fraction of sp³-hybridized carbons (Fsp3) is 0.400. The zero-order valence-corrected chi connectivity index (χ0v) is 20.4. The van der Waals surface area contributed by atoms with Crippen LogP contribution < -0.4 is 0 Å². The lowest BCUT2D eigenvalue weighted by Gasteiger charge is -2.32. The molecule has 2 aliphatic heterocycles. The van der Waals surface area contributed by atoms with E-state index in [0.717, 1.165) is 15.9 Å². The Morgan fingerprint density at radius 3 is 2.44 bits per heavy atom. The van der Waals surface area contributed by atoms with Crippen LogP contribution >= 0.6 is 0 Å². The third-order valence-electron chi connectivity index (χ3n) is 5.82. The van der Waals surface area contributed by atoms with Crippen molar-refractivity contribution in [1.29, 1.82) is 0 Å². The summed E-state index contributed by atoms with van der Waals surface area (Å²) in [5.74, 6) is -0.951. The van der Waals surface area contributed by atoms with E-state index in [2.05, 4.69) is 6.58 Å². The fourth-order valence-electron chi connectivity index (χ4n) is 4.30. The van der Waals surface area contributed by atoms with E-state index in [1.807, 2.05) is 37.3 Å². The first kappa shape index (κ1) is 24.6. The minimum atomic E-state index is -3.96. The molecule has 2 aliphatic rings. The number of hydrogen-bond acceptors (Lipinski definition) is 6. The predicted octanol–water partition coefficient (Wildman–Crippen LogP) is 3.20. The monoisotopic (exact) mass is 486 g/mol. The fourth-order valence-corrected chi connectivity index (χ4v) is 5.91. The Balaban J connectivity index is 1.71. The highest BCUT2D eigenvalue weighted by atomic mass is 32.2. The Kier molecular flexibility index (Phi) is 6.93. The molecule has 2 fully saturated rings. The molecular weight excluding hydrogens is 456 g/mol. The summed E-state index contributed by atoms with van der Waals surface area (Å²) in [4.78, 5) is 0.142. The maximum Gasteiger partial charge on any atom is 0.243 e. The summed E-state index contributed by atoms with van der Waals surface area (Å²) in [6.45, 7) is 9.23. The third kappa shape index (κ3) is 5.08. The first-order valence-corrected chi connectivity index (χ1v) is 12.6. The zero-order chi connectivity index (χ0) is 24.5. The number of ether oxygens (including phenoxy) is 3. The van der Waals surface area contributed by atoms with E-state index < -0.39 is 40.4 Å². The van der Waals surface area contributed by atoms with Crippen LogP contribution in [-0.4, -0.2) is 60.5 Å². The number of nitrogens with zero attached hydrogens (tertiary/aromatic N) is 2. The number of hydroxylamine groups is 1. The van der Waals surface area contributed by atoms with E-state index in [0.29, 0.717) is 0 Å². The van der Waals surface area contributed by atoms with Crippen LogP contribution in [0.15, 0.2) is 72.1 Å². The molecule has 8 nitrogen and oxygen atoms in total. The summed E-state index contributed by atoms with van der Waals surface area (Å²) in [6.07, 6.45) is 0.452. The Morgan fingerprint density at radius 2 is 1.79 bits per heavy atom. The molecule has 4 atom stereocenters. The van der Waals surface area contributed by atoms with Crippen molar-refractivity contribution in [3.8, 4) is 0 Å². The Bertz CT molecular complexity index is 1150. The van der Waals surface area contributed by atoms with Crippen LogP contribution in [0, 0.1) is 12.1 Å².